The summed E-state index contributed by atoms with van der Waals surface area (Å²) in [7, 11) is 0. The van der Waals surface area contributed by atoms with Gasteiger partial charge < -0.3 is 21.4 Å². The summed E-state index contributed by atoms with van der Waals surface area (Å²) >= 11 is 0. The third-order valence-corrected chi connectivity index (χ3v) is 3.26. The van der Waals surface area contributed by atoms with Gasteiger partial charge in [-0.05, 0) is 30.0 Å². The normalized spacial score (nSPS) is 13.8. The van der Waals surface area contributed by atoms with Crippen LogP contribution in [0.1, 0.15) is 31.4 Å². The van der Waals surface area contributed by atoms with Crippen LogP contribution in [-0.2, 0) is 6.54 Å². The molecule has 0 fully saturated rings. The molecule has 6 heteroatoms. The molecule has 1 atom stereocenters. The molecule has 0 radical (unpaired) electrons. The molecule has 0 heterocycles. The number of aliphatic hydroxyl groups excluding tert-OH is 1. The highest BCUT2D eigenvalue weighted by atomic mass is 19.1. The fourth-order valence-corrected chi connectivity index (χ4v) is 2.05. The highest BCUT2D eigenvalue weighted by Gasteiger charge is 2.14. The van der Waals surface area contributed by atoms with Crippen molar-refractivity contribution in [3.05, 3.63) is 35.1 Å². The van der Waals surface area contributed by atoms with E-state index in [1.54, 1.807) is 6.07 Å². The topological polar surface area (TPSA) is 90.9 Å². The largest absolute Gasteiger partial charge is 0.409 e. The van der Waals surface area contributed by atoms with Gasteiger partial charge >= 0.3 is 0 Å². The summed E-state index contributed by atoms with van der Waals surface area (Å²) in [4.78, 5) is 0. The van der Waals surface area contributed by atoms with Crippen LogP contribution in [0.3, 0.4) is 0 Å². The number of nitrogens with one attached hydrogen (secondary N) is 1. The third kappa shape index (κ3) is 4.47. The number of amidine groups is 1. The molecule has 0 aliphatic carbocycles. The lowest BCUT2D eigenvalue weighted by molar-refractivity contribution is 0.244. The standard InChI is InChI=1S/C14H22FN3O2/c1-9(2)13(5-6-19)17-8-10-3-4-11(15)7-12(10)14(16)18-20/h3-4,7,9,13,17,19-20H,5-6,8H2,1-2H3,(H2,16,18). The van der Waals surface area contributed by atoms with E-state index in [9.17, 15) is 4.39 Å². The molecule has 0 saturated heterocycles. The Morgan fingerprint density at radius 1 is 1.45 bits per heavy atom. The number of nitrogens with zero attached hydrogens (tertiary/aromatic N) is 1. The molecule has 1 rings (SSSR count). The summed E-state index contributed by atoms with van der Waals surface area (Å²) in [5, 5.41) is 24.0. The molecule has 1 unspecified atom stereocenters. The number of nitrogens with two attached hydrogens (primary N) is 1. The van der Waals surface area contributed by atoms with E-state index in [-0.39, 0.29) is 18.5 Å². The van der Waals surface area contributed by atoms with Crippen LogP contribution in [0.25, 0.3) is 0 Å². The summed E-state index contributed by atoms with van der Waals surface area (Å²) in [5.41, 5.74) is 6.66. The summed E-state index contributed by atoms with van der Waals surface area (Å²) in [6.45, 7) is 4.67. The number of rotatable bonds is 7. The summed E-state index contributed by atoms with van der Waals surface area (Å²) in [5.74, 6) is -0.203. The monoisotopic (exact) mass is 283 g/mol. The molecule has 0 spiro atoms. The Kier molecular flexibility index (Phi) is 6.41. The first-order valence-corrected chi connectivity index (χ1v) is 6.60. The maximum Gasteiger partial charge on any atom is 0.170 e. The number of benzene rings is 1. The molecule has 0 aliphatic rings. The average Bonchev–Trinajstić information content (AvgIpc) is 2.43. The predicted octanol–water partition coefficient (Wildman–Crippen LogP) is 1.42. The van der Waals surface area contributed by atoms with Crippen molar-refractivity contribution < 1.29 is 14.7 Å². The van der Waals surface area contributed by atoms with Crippen molar-refractivity contribution in [3.63, 3.8) is 0 Å². The highest BCUT2D eigenvalue weighted by molar-refractivity contribution is 5.98. The quantitative estimate of drug-likeness (QED) is 0.264. The van der Waals surface area contributed by atoms with Crippen LogP contribution in [0.15, 0.2) is 23.4 Å². The van der Waals surface area contributed by atoms with Gasteiger partial charge in [-0.25, -0.2) is 4.39 Å². The molecule has 0 amide bonds. The van der Waals surface area contributed by atoms with Crippen LogP contribution in [0.4, 0.5) is 4.39 Å². The van der Waals surface area contributed by atoms with Crippen molar-refractivity contribution in [3.8, 4) is 0 Å². The van der Waals surface area contributed by atoms with Gasteiger partial charge in [-0.1, -0.05) is 25.1 Å². The highest BCUT2D eigenvalue weighted by Crippen LogP contribution is 2.13. The second kappa shape index (κ2) is 7.81. The molecule has 0 aromatic heterocycles. The zero-order valence-electron chi connectivity index (χ0n) is 11.8. The first-order chi connectivity index (χ1) is 9.49. The molecule has 1 aromatic rings. The molecule has 0 aliphatic heterocycles. The maximum absolute atomic E-state index is 13.2. The van der Waals surface area contributed by atoms with E-state index in [0.29, 0.717) is 24.4 Å². The van der Waals surface area contributed by atoms with Crippen molar-refractivity contribution in [2.45, 2.75) is 32.9 Å². The molecule has 0 bridgehead atoms. The smallest absolute Gasteiger partial charge is 0.170 e. The lowest BCUT2D eigenvalue weighted by Gasteiger charge is -2.22. The molecule has 5 N–H and O–H groups in total. The first-order valence-electron chi connectivity index (χ1n) is 6.60. The predicted molar refractivity (Wildman–Crippen MR) is 76.1 cm³/mol. The Balaban J connectivity index is 2.86. The number of halogens is 1. The molecule has 5 nitrogen and oxygen atoms in total. The summed E-state index contributed by atoms with van der Waals surface area (Å²) in [6, 6.07) is 4.32. The second-order valence-electron chi connectivity index (χ2n) is 5.03. The van der Waals surface area contributed by atoms with E-state index in [1.165, 1.54) is 12.1 Å². The van der Waals surface area contributed by atoms with E-state index < -0.39 is 5.82 Å². The molecular formula is C14H22FN3O2. The number of hydrogen-bond acceptors (Lipinski definition) is 4. The van der Waals surface area contributed by atoms with Gasteiger partial charge in [0, 0.05) is 24.8 Å². The van der Waals surface area contributed by atoms with E-state index in [4.69, 9.17) is 16.0 Å². The van der Waals surface area contributed by atoms with E-state index in [0.717, 1.165) is 5.56 Å². The summed E-state index contributed by atoms with van der Waals surface area (Å²) < 4.78 is 13.2. The van der Waals surface area contributed by atoms with Gasteiger partial charge in [0.05, 0.1) is 0 Å². The van der Waals surface area contributed by atoms with Crippen LogP contribution < -0.4 is 11.1 Å². The van der Waals surface area contributed by atoms with Gasteiger partial charge in [0.25, 0.3) is 0 Å². The van der Waals surface area contributed by atoms with Crippen LogP contribution in [0, 0.1) is 11.7 Å². The molecule has 20 heavy (non-hydrogen) atoms. The number of aliphatic hydroxyl groups is 1. The van der Waals surface area contributed by atoms with Crippen molar-refractivity contribution >= 4 is 5.84 Å². The Morgan fingerprint density at radius 3 is 2.70 bits per heavy atom. The van der Waals surface area contributed by atoms with E-state index in [1.807, 2.05) is 0 Å². The SMILES string of the molecule is CC(C)C(CCO)NCc1ccc(F)cc1/C(N)=N/O. The van der Waals surface area contributed by atoms with Crippen LogP contribution >= 0.6 is 0 Å². The number of hydrogen-bond donors (Lipinski definition) is 4. The van der Waals surface area contributed by atoms with Crippen LogP contribution in [0.2, 0.25) is 0 Å². The van der Waals surface area contributed by atoms with Gasteiger partial charge in [0.1, 0.15) is 5.82 Å². The molecule has 1 aromatic carbocycles. The van der Waals surface area contributed by atoms with Crippen molar-refractivity contribution in [1.29, 1.82) is 0 Å². The lowest BCUT2D eigenvalue weighted by atomic mass is 10.00. The fourth-order valence-electron chi connectivity index (χ4n) is 2.05. The Bertz CT molecular complexity index is 464. The Hall–Kier alpha value is -1.66. The third-order valence-electron chi connectivity index (χ3n) is 3.26. The fraction of sp³-hybridized carbons (Fsp3) is 0.500. The van der Waals surface area contributed by atoms with Crippen molar-refractivity contribution in [1.82, 2.24) is 5.32 Å². The average molecular weight is 283 g/mol. The van der Waals surface area contributed by atoms with Gasteiger partial charge in [-0.2, -0.15) is 0 Å². The van der Waals surface area contributed by atoms with Gasteiger partial charge in [-0.15, -0.1) is 0 Å². The second-order valence-corrected chi connectivity index (χ2v) is 5.03. The van der Waals surface area contributed by atoms with Crippen molar-refractivity contribution in [2.24, 2.45) is 16.8 Å². The molecule has 0 saturated carbocycles. The Labute approximate surface area is 118 Å². The minimum Gasteiger partial charge on any atom is -0.409 e. The van der Waals surface area contributed by atoms with E-state index in [2.05, 4.69) is 24.3 Å². The number of oxime groups is 1. The van der Waals surface area contributed by atoms with Crippen LogP contribution in [-0.4, -0.2) is 28.8 Å². The Morgan fingerprint density at radius 2 is 2.15 bits per heavy atom. The van der Waals surface area contributed by atoms with E-state index >= 15 is 0 Å². The first kappa shape index (κ1) is 16.4. The molecule has 112 valence electrons. The van der Waals surface area contributed by atoms with Gasteiger partial charge in [0.15, 0.2) is 5.84 Å². The maximum atomic E-state index is 13.2. The zero-order chi connectivity index (χ0) is 15.1. The van der Waals surface area contributed by atoms with Crippen LogP contribution in [0.5, 0.6) is 0 Å². The minimum absolute atomic E-state index is 0.104. The summed E-state index contributed by atoms with van der Waals surface area (Å²) in [6.07, 6.45) is 0.637. The van der Waals surface area contributed by atoms with Crippen molar-refractivity contribution in [2.75, 3.05) is 6.61 Å². The van der Waals surface area contributed by atoms with Gasteiger partial charge in [0.2, 0.25) is 0 Å². The minimum atomic E-state index is -0.439. The molecular weight excluding hydrogens is 261 g/mol. The lowest BCUT2D eigenvalue weighted by Crippen LogP contribution is -2.34. The van der Waals surface area contributed by atoms with Gasteiger partial charge in [-0.3, -0.25) is 0 Å². The zero-order valence-corrected chi connectivity index (χ0v) is 11.8.